The molecule has 1 aromatic heterocycles. The molecule has 0 radical (unpaired) electrons. The lowest BCUT2D eigenvalue weighted by molar-refractivity contribution is 0.287. The minimum atomic E-state index is 0.193. The van der Waals surface area contributed by atoms with E-state index >= 15 is 0 Å². The molecule has 0 fully saturated rings. The van der Waals surface area contributed by atoms with Crippen molar-refractivity contribution >= 4 is 11.3 Å². The highest BCUT2D eigenvalue weighted by Crippen LogP contribution is 2.35. The molecule has 1 aromatic rings. The number of rotatable bonds is 4. The Morgan fingerprint density at radius 1 is 1.11 bits per heavy atom. The molecule has 0 aromatic carbocycles. The predicted octanol–water partition coefficient (Wildman–Crippen LogP) is 5.51. The molecule has 0 saturated heterocycles. The largest absolute Gasteiger partial charge is 0.323 e. The molecule has 1 nitrogen and oxygen atoms in total. The number of hydrogen-bond donors (Lipinski definition) is 1. The second-order valence-corrected chi connectivity index (χ2v) is 9.28. The smallest absolute Gasteiger partial charge is 0.0392 e. The Labute approximate surface area is 123 Å². The first-order valence-corrected chi connectivity index (χ1v) is 8.16. The SMILES string of the molecule is CC(CC(N)c1ccc(C(C)(C)C)s1)CC(C)(C)C. The lowest BCUT2D eigenvalue weighted by Crippen LogP contribution is -2.17. The fraction of sp³-hybridized carbons (Fsp3) is 0.765. The van der Waals surface area contributed by atoms with E-state index in [1.54, 1.807) is 0 Å². The summed E-state index contributed by atoms with van der Waals surface area (Å²) in [4.78, 5) is 2.77. The van der Waals surface area contributed by atoms with Gasteiger partial charge in [-0.3, -0.25) is 0 Å². The topological polar surface area (TPSA) is 26.0 Å². The van der Waals surface area contributed by atoms with Crippen LogP contribution < -0.4 is 5.73 Å². The standard InChI is InChI=1S/C17H31NS/c1-12(11-16(2,3)4)10-13(18)14-8-9-15(19-14)17(5,6)7/h8-9,12-13H,10-11,18H2,1-7H3. The lowest BCUT2D eigenvalue weighted by atomic mass is 9.83. The van der Waals surface area contributed by atoms with Crippen LogP contribution >= 0.6 is 11.3 Å². The molecule has 19 heavy (non-hydrogen) atoms. The molecule has 0 aliphatic rings. The third-order valence-corrected chi connectivity index (χ3v) is 4.99. The van der Waals surface area contributed by atoms with Crippen LogP contribution in [0.15, 0.2) is 12.1 Å². The van der Waals surface area contributed by atoms with Crippen molar-refractivity contribution in [2.24, 2.45) is 17.1 Å². The first kappa shape index (κ1) is 16.7. The van der Waals surface area contributed by atoms with E-state index in [1.807, 2.05) is 11.3 Å². The van der Waals surface area contributed by atoms with Crippen LogP contribution in [0.1, 0.15) is 77.1 Å². The average Bonchev–Trinajstić information content (AvgIpc) is 2.61. The van der Waals surface area contributed by atoms with Crippen molar-refractivity contribution in [2.75, 3.05) is 0 Å². The van der Waals surface area contributed by atoms with Gasteiger partial charge in [0.2, 0.25) is 0 Å². The van der Waals surface area contributed by atoms with E-state index in [2.05, 4.69) is 60.6 Å². The third-order valence-electron chi connectivity index (χ3n) is 3.35. The first-order valence-electron chi connectivity index (χ1n) is 7.35. The van der Waals surface area contributed by atoms with Crippen molar-refractivity contribution in [2.45, 2.75) is 72.8 Å². The molecule has 0 bridgehead atoms. The van der Waals surface area contributed by atoms with Crippen molar-refractivity contribution < 1.29 is 0 Å². The summed E-state index contributed by atoms with van der Waals surface area (Å²) in [6.45, 7) is 16.0. The van der Waals surface area contributed by atoms with Crippen molar-refractivity contribution in [3.63, 3.8) is 0 Å². The molecule has 0 amide bonds. The summed E-state index contributed by atoms with van der Waals surface area (Å²) >= 11 is 1.88. The molecule has 2 N–H and O–H groups in total. The number of thiophene rings is 1. The van der Waals surface area contributed by atoms with Crippen LogP contribution in [0.2, 0.25) is 0 Å². The van der Waals surface area contributed by atoms with E-state index in [0.717, 1.165) is 6.42 Å². The van der Waals surface area contributed by atoms with Crippen molar-refractivity contribution in [1.82, 2.24) is 0 Å². The minimum absolute atomic E-state index is 0.193. The van der Waals surface area contributed by atoms with Gasteiger partial charge < -0.3 is 5.73 Å². The second-order valence-electron chi connectivity index (χ2n) is 8.16. The predicted molar refractivity (Wildman–Crippen MR) is 87.8 cm³/mol. The molecule has 1 heterocycles. The summed E-state index contributed by atoms with van der Waals surface area (Å²) in [6.07, 6.45) is 2.32. The maximum absolute atomic E-state index is 6.38. The van der Waals surface area contributed by atoms with Gasteiger partial charge in [0, 0.05) is 15.8 Å². The van der Waals surface area contributed by atoms with Gasteiger partial charge in [0.1, 0.15) is 0 Å². The highest BCUT2D eigenvalue weighted by atomic mass is 32.1. The van der Waals surface area contributed by atoms with Gasteiger partial charge in [-0.1, -0.05) is 48.5 Å². The number of nitrogens with two attached hydrogens (primary N) is 1. The van der Waals surface area contributed by atoms with Gasteiger partial charge in [0.05, 0.1) is 0 Å². The summed E-state index contributed by atoms with van der Waals surface area (Å²) in [5.41, 5.74) is 7.01. The Morgan fingerprint density at radius 2 is 1.68 bits per heavy atom. The van der Waals surface area contributed by atoms with E-state index in [0.29, 0.717) is 11.3 Å². The fourth-order valence-electron chi connectivity index (χ4n) is 2.63. The van der Waals surface area contributed by atoms with Crippen LogP contribution in [0.3, 0.4) is 0 Å². The van der Waals surface area contributed by atoms with Crippen LogP contribution in [-0.2, 0) is 5.41 Å². The van der Waals surface area contributed by atoms with E-state index < -0.39 is 0 Å². The summed E-state index contributed by atoms with van der Waals surface area (Å²) in [6, 6.07) is 4.66. The van der Waals surface area contributed by atoms with Gasteiger partial charge >= 0.3 is 0 Å². The quantitative estimate of drug-likeness (QED) is 0.774. The molecule has 2 atom stereocenters. The molecular formula is C17H31NS. The van der Waals surface area contributed by atoms with Gasteiger partial charge in [0.15, 0.2) is 0 Å². The normalized spacial score (nSPS) is 16.4. The molecule has 110 valence electrons. The lowest BCUT2D eigenvalue weighted by Gasteiger charge is -2.25. The van der Waals surface area contributed by atoms with Crippen LogP contribution in [0.5, 0.6) is 0 Å². The zero-order chi connectivity index (χ0) is 14.8. The van der Waals surface area contributed by atoms with Crippen LogP contribution in [0, 0.1) is 11.3 Å². The Bertz CT molecular complexity index is 392. The van der Waals surface area contributed by atoms with Gasteiger partial charge in [0.25, 0.3) is 0 Å². The van der Waals surface area contributed by atoms with Gasteiger partial charge in [-0.2, -0.15) is 0 Å². The Kier molecular flexibility index (Phi) is 5.25. The van der Waals surface area contributed by atoms with Crippen LogP contribution in [-0.4, -0.2) is 0 Å². The maximum atomic E-state index is 6.38. The van der Waals surface area contributed by atoms with E-state index in [1.165, 1.54) is 16.2 Å². The van der Waals surface area contributed by atoms with Gasteiger partial charge in [-0.15, -0.1) is 11.3 Å². The summed E-state index contributed by atoms with van der Waals surface area (Å²) in [7, 11) is 0. The zero-order valence-electron chi connectivity index (χ0n) is 13.7. The molecule has 0 spiro atoms. The monoisotopic (exact) mass is 281 g/mol. The molecule has 2 heteroatoms. The third kappa shape index (κ3) is 5.66. The highest BCUT2D eigenvalue weighted by molar-refractivity contribution is 7.12. The average molecular weight is 282 g/mol. The number of hydrogen-bond acceptors (Lipinski definition) is 2. The second kappa shape index (κ2) is 5.97. The van der Waals surface area contributed by atoms with E-state index in [9.17, 15) is 0 Å². The van der Waals surface area contributed by atoms with Crippen molar-refractivity contribution in [1.29, 1.82) is 0 Å². The Hall–Kier alpha value is -0.340. The van der Waals surface area contributed by atoms with Crippen LogP contribution in [0.4, 0.5) is 0 Å². The summed E-state index contributed by atoms with van der Waals surface area (Å²) in [5.74, 6) is 0.676. The fourth-order valence-corrected chi connectivity index (χ4v) is 3.71. The van der Waals surface area contributed by atoms with Gasteiger partial charge in [-0.05, 0) is 41.7 Å². The van der Waals surface area contributed by atoms with Gasteiger partial charge in [-0.25, -0.2) is 0 Å². The molecule has 2 unspecified atom stereocenters. The Balaban J connectivity index is 2.63. The molecule has 0 aliphatic carbocycles. The van der Waals surface area contributed by atoms with Crippen molar-refractivity contribution in [3.05, 3.63) is 21.9 Å². The molecule has 1 rings (SSSR count). The molecule has 0 saturated carbocycles. The maximum Gasteiger partial charge on any atom is 0.0392 e. The Morgan fingerprint density at radius 3 is 2.11 bits per heavy atom. The summed E-state index contributed by atoms with van der Waals surface area (Å²) in [5, 5.41) is 0. The first-order chi connectivity index (χ1) is 8.49. The summed E-state index contributed by atoms with van der Waals surface area (Å²) < 4.78 is 0. The van der Waals surface area contributed by atoms with E-state index in [-0.39, 0.29) is 11.5 Å². The highest BCUT2D eigenvalue weighted by Gasteiger charge is 2.21. The zero-order valence-corrected chi connectivity index (χ0v) is 14.5. The molecular weight excluding hydrogens is 250 g/mol. The van der Waals surface area contributed by atoms with E-state index in [4.69, 9.17) is 5.73 Å². The minimum Gasteiger partial charge on any atom is -0.323 e. The molecule has 0 aliphatic heterocycles. The van der Waals surface area contributed by atoms with Crippen LogP contribution in [0.25, 0.3) is 0 Å². The van der Waals surface area contributed by atoms with Crippen molar-refractivity contribution in [3.8, 4) is 0 Å².